The van der Waals surface area contributed by atoms with Gasteiger partial charge in [-0.15, -0.1) is 22.6 Å². The summed E-state index contributed by atoms with van der Waals surface area (Å²) in [5, 5.41) is 12.1. The van der Waals surface area contributed by atoms with Gasteiger partial charge in [-0.1, -0.05) is 11.6 Å². The van der Waals surface area contributed by atoms with Crippen molar-refractivity contribution in [1.82, 2.24) is 25.0 Å². The number of nitrogens with zero attached hydrogens (tertiary/aromatic N) is 4. The maximum absolute atomic E-state index is 13.2. The fourth-order valence-corrected chi connectivity index (χ4v) is 3.84. The van der Waals surface area contributed by atoms with Crippen molar-refractivity contribution in [2.75, 3.05) is 19.6 Å². The van der Waals surface area contributed by atoms with Crippen LogP contribution in [0.1, 0.15) is 40.8 Å². The molecule has 0 atom stereocenters. The molecular formula is C17H20Cl2FN5O. The lowest BCUT2D eigenvalue weighted by atomic mass is 9.95. The third-order valence-corrected chi connectivity index (χ3v) is 5.27. The first-order valence-corrected chi connectivity index (χ1v) is 8.88. The molecule has 6 nitrogen and oxygen atoms in total. The molecule has 9 heteroatoms. The molecular weight excluding hydrogens is 380 g/mol. The lowest BCUT2D eigenvalue weighted by molar-refractivity contribution is 0.0710. The Morgan fingerprint density at radius 1 is 1.23 bits per heavy atom. The summed E-state index contributed by atoms with van der Waals surface area (Å²) in [6.07, 6.45) is 1.69. The van der Waals surface area contributed by atoms with Crippen molar-refractivity contribution in [2.24, 2.45) is 0 Å². The molecule has 2 aliphatic heterocycles. The Morgan fingerprint density at radius 3 is 2.73 bits per heavy atom. The standard InChI is InChI=1S/C17H19ClFN5O.ClH/c18-14-9-12(19)1-2-13(14)17(25)23-6-3-11(4-7-23)16-22-21-15-10-20-5-8-24(15)16;/h1-2,9,11,20H,3-8,10H2;1H. The SMILES string of the molecule is Cl.O=C(c1ccc(F)cc1Cl)N1CCC(c2nnc3n2CCNC3)CC1. The second-order valence-corrected chi connectivity index (χ2v) is 6.90. The Morgan fingerprint density at radius 2 is 2.00 bits per heavy atom. The smallest absolute Gasteiger partial charge is 0.255 e. The monoisotopic (exact) mass is 399 g/mol. The number of carbonyl (C=O) groups excluding carboxylic acids is 1. The average Bonchev–Trinajstić information content (AvgIpc) is 3.05. The van der Waals surface area contributed by atoms with Crippen molar-refractivity contribution >= 4 is 29.9 Å². The lowest BCUT2D eigenvalue weighted by Crippen LogP contribution is -2.39. The second-order valence-electron chi connectivity index (χ2n) is 6.49. The molecule has 0 radical (unpaired) electrons. The summed E-state index contributed by atoms with van der Waals surface area (Å²) in [7, 11) is 0. The van der Waals surface area contributed by atoms with Gasteiger partial charge in [0.05, 0.1) is 17.1 Å². The van der Waals surface area contributed by atoms with Crippen molar-refractivity contribution in [3.8, 4) is 0 Å². The summed E-state index contributed by atoms with van der Waals surface area (Å²) in [5.74, 6) is 1.75. The first-order chi connectivity index (χ1) is 12.1. The van der Waals surface area contributed by atoms with E-state index in [4.69, 9.17) is 11.6 Å². The number of rotatable bonds is 2. The van der Waals surface area contributed by atoms with Crippen LogP contribution >= 0.6 is 24.0 Å². The summed E-state index contributed by atoms with van der Waals surface area (Å²) in [4.78, 5) is 14.4. The Kier molecular flexibility index (Phi) is 5.79. The van der Waals surface area contributed by atoms with E-state index in [0.717, 1.165) is 44.1 Å². The van der Waals surface area contributed by atoms with Crippen LogP contribution in [0.15, 0.2) is 18.2 Å². The lowest BCUT2D eigenvalue weighted by Gasteiger charge is -2.32. The van der Waals surface area contributed by atoms with E-state index in [-0.39, 0.29) is 23.3 Å². The maximum atomic E-state index is 13.2. The number of carbonyl (C=O) groups is 1. The van der Waals surface area contributed by atoms with Crippen LogP contribution in [0, 0.1) is 5.82 Å². The Bertz CT molecular complexity index is 804. The molecule has 1 fully saturated rings. The zero-order chi connectivity index (χ0) is 17.4. The molecule has 1 saturated heterocycles. The zero-order valence-electron chi connectivity index (χ0n) is 14.1. The van der Waals surface area contributed by atoms with E-state index in [1.165, 1.54) is 18.2 Å². The number of benzene rings is 1. The normalized spacial score (nSPS) is 17.5. The van der Waals surface area contributed by atoms with Gasteiger partial charge in [-0.05, 0) is 31.0 Å². The number of likely N-dealkylation sites (tertiary alicyclic amines) is 1. The number of piperidine rings is 1. The van der Waals surface area contributed by atoms with Gasteiger partial charge in [-0.3, -0.25) is 4.79 Å². The molecule has 2 aromatic rings. The fourth-order valence-electron chi connectivity index (χ4n) is 3.59. The van der Waals surface area contributed by atoms with Gasteiger partial charge in [0, 0.05) is 32.1 Å². The van der Waals surface area contributed by atoms with Crippen LogP contribution in [0.2, 0.25) is 5.02 Å². The highest BCUT2D eigenvalue weighted by molar-refractivity contribution is 6.33. The molecule has 0 unspecified atom stereocenters. The van der Waals surface area contributed by atoms with Gasteiger partial charge in [0.25, 0.3) is 5.91 Å². The molecule has 3 heterocycles. The van der Waals surface area contributed by atoms with Gasteiger partial charge >= 0.3 is 0 Å². The van der Waals surface area contributed by atoms with Crippen LogP contribution < -0.4 is 5.32 Å². The van der Waals surface area contributed by atoms with Crippen molar-refractivity contribution in [3.05, 3.63) is 46.3 Å². The van der Waals surface area contributed by atoms with Gasteiger partial charge < -0.3 is 14.8 Å². The molecule has 1 aromatic heterocycles. The van der Waals surface area contributed by atoms with E-state index in [0.29, 0.717) is 24.6 Å². The second kappa shape index (κ2) is 7.90. The molecule has 0 saturated carbocycles. The van der Waals surface area contributed by atoms with E-state index in [1.54, 1.807) is 4.90 Å². The molecule has 1 N–H and O–H groups in total. The summed E-state index contributed by atoms with van der Waals surface area (Å²) in [5.41, 5.74) is 0.354. The van der Waals surface area contributed by atoms with E-state index >= 15 is 0 Å². The van der Waals surface area contributed by atoms with Gasteiger partial charge in [-0.2, -0.15) is 0 Å². The predicted octanol–water partition coefficient (Wildman–Crippen LogP) is 2.62. The molecule has 0 aliphatic carbocycles. The Balaban J connectivity index is 0.00000196. The van der Waals surface area contributed by atoms with Crippen LogP contribution in [0.5, 0.6) is 0 Å². The Labute approximate surface area is 162 Å². The fraction of sp³-hybridized carbons (Fsp3) is 0.471. The van der Waals surface area contributed by atoms with Crippen molar-refractivity contribution < 1.29 is 9.18 Å². The van der Waals surface area contributed by atoms with E-state index in [1.807, 2.05) is 0 Å². The van der Waals surface area contributed by atoms with Crippen LogP contribution in [0.4, 0.5) is 4.39 Å². The Hall–Kier alpha value is -1.70. The zero-order valence-corrected chi connectivity index (χ0v) is 15.7. The third-order valence-electron chi connectivity index (χ3n) is 4.96. The molecule has 0 spiro atoms. The number of hydrogen-bond acceptors (Lipinski definition) is 4. The first-order valence-electron chi connectivity index (χ1n) is 8.50. The maximum Gasteiger partial charge on any atom is 0.255 e. The highest BCUT2D eigenvalue weighted by atomic mass is 35.5. The third kappa shape index (κ3) is 3.56. The topological polar surface area (TPSA) is 63.1 Å². The molecule has 26 heavy (non-hydrogen) atoms. The number of nitrogens with one attached hydrogen (secondary N) is 1. The number of halogens is 3. The van der Waals surface area contributed by atoms with Gasteiger partial charge in [0.1, 0.15) is 17.5 Å². The number of amides is 1. The molecule has 0 bridgehead atoms. The van der Waals surface area contributed by atoms with E-state index < -0.39 is 5.82 Å². The average molecular weight is 400 g/mol. The minimum atomic E-state index is -0.439. The molecule has 1 aromatic carbocycles. The van der Waals surface area contributed by atoms with E-state index in [2.05, 4.69) is 20.1 Å². The van der Waals surface area contributed by atoms with Gasteiger partial charge in [0.2, 0.25) is 0 Å². The molecule has 1 amide bonds. The molecule has 2 aliphatic rings. The van der Waals surface area contributed by atoms with Crippen LogP contribution in [0.25, 0.3) is 0 Å². The first kappa shape index (κ1) is 19.1. The molecule has 4 rings (SSSR count). The van der Waals surface area contributed by atoms with Crippen molar-refractivity contribution in [1.29, 1.82) is 0 Å². The summed E-state index contributed by atoms with van der Waals surface area (Å²) in [6.45, 7) is 3.85. The quantitative estimate of drug-likeness (QED) is 0.842. The minimum absolute atomic E-state index is 0. The largest absolute Gasteiger partial charge is 0.339 e. The highest BCUT2D eigenvalue weighted by Gasteiger charge is 2.29. The minimum Gasteiger partial charge on any atom is -0.339 e. The number of aromatic nitrogens is 3. The van der Waals surface area contributed by atoms with Crippen molar-refractivity contribution in [2.45, 2.75) is 31.8 Å². The van der Waals surface area contributed by atoms with E-state index in [9.17, 15) is 9.18 Å². The van der Waals surface area contributed by atoms with Crippen molar-refractivity contribution in [3.63, 3.8) is 0 Å². The summed E-state index contributed by atoms with van der Waals surface area (Å²) >= 11 is 6.02. The predicted molar refractivity (Wildman–Crippen MR) is 98.3 cm³/mol. The van der Waals surface area contributed by atoms with Gasteiger partial charge in [-0.25, -0.2) is 4.39 Å². The van der Waals surface area contributed by atoms with Gasteiger partial charge in [0.15, 0.2) is 0 Å². The van der Waals surface area contributed by atoms with Crippen LogP contribution in [0.3, 0.4) is 0 Å². The molecule has 140 valence electrons. The van der Waals surface area contributed by atoms with Crippen LogP contribution in [-0.4, -0.2) is 45.2 Å². The number of hydrogen-bond donors (Lipinski definition) is 1. The van der Waals surface area contributed by atoms with Crippen LogP contribution in [-0.2, 0) is 13.1 Å². The highest BCUT2D eigenvalue weighted by Crippen LogP contribution is 2.29. The summed E-state index contributed by atoms with van der Waals surface area (Å²) in [6, 6.07) is 3.90. The summed E-state index contributed by atoms with van der Waals surface area (Å²) < 4.78 is 15.4. The number of fused-ring (bicyclic) bond motifs is 1.